The maximum atomic E-state index is 2.40. The van der Waals surface area contributed by atoms with Gasteiger partial charge in [0.15, 0.2) is 0 Å². The predicted molar refractivity (Wildman–Crippen MR) is 191 cm³/mol. The van der Waals surface area contributed by atoms with E-state index in [2.05, 4.69) is 194 Å². The molecule has 0 aromatic heterocycles. The Morgan fingerprint density at radius 2 is 0.800 bits per heavy atom. The number of hydrogen-bond donors (Lipinski definition) is 0. The van der Waals surface area contributed by atoms with E-state index in [4.69, 9.17) is 0 Å². The summed E-state index contributed by atoms with van der Waals surface area (Å²) in [6, 6.07) is 61.1. The molecule has 2 heteroatoms. The highest BCUT2D eigenvalue weighted by Crippen LogP contribution is 2.53. The monoisotopic (exact) mass is 578 g/mol. The fourth-order valence-corrected chi connectivity index (χ4v) is 7.11. The van der Waals surface area contributed by atoms with Gasteiger partial charge in [0, 0.05) is 39.5 Å². The summed E-state index contributed by atoms with van der Waals surface area (Å²) in [5.41, 5.74) is 12.1. The molecular formula is C43H34N2. The van der Waals surface area contributed by atoms with Crippen LogP contribution in [0, 0.1) is 0 Å². The van der Waals surface area contributed by atoms with Crippen molar-refractivity contribution < 1.29 is 0 Å². The van der Waals surface area contributed by atoms with Crippen LogP contribution in [-0.2, 0) is 5.41 Å². The van der Waals surface area contributed by atoms with Crippen LogP contribution < -0.4 is 9.80 Å². The molecule has 8 rings (SSSR count). The number of hydrogen-bond acceptors (Lipinski definition) is 2. The molecule has 1 aliphatic rings. The highest BCUT2D eigenvalue weighted by molar-refractivity contribution is 6.00. The van der Waals surface area contributed by atoms with Crippen LogP contribution in [0.25, 0.3) is 21.9 Å². The summed E-state index contributed by atoms with van der Waals surface area (Å²) < 4.78 is 0. The van der Waals surface area contributed by atoms with Crippen molar-refractivity contribution in [3.05, 3.63) is 181 Å². The molecule has 0 saturated carbocycles. The van der Waals surface area contributed by atoms with E-state index in [1.165, 1.54) is 38.7 Å². The zero-order valence-electron chi connectivity index (χ0n) is 25.6. The van der Waals surface area contributed by atoms with Crippen molar-refractivity contribution in [2.24, 2.45) is 0 Å². The molecule has 0 fully saturated rings. The third-order valence-electron chi connectivity index (χ3n) is 9.17. The van der Waals surface area contributed by atoms with Gasteiger partial charge in [0.25, 0.3) is 0 Å². The molecular weight excluding hydrogens is 544 g/mol. The molecule has 2 nitrogen and oxygen atoms in total. The first-order valence-corrected chi connectivity index (χ1v) is 15.6. The Bertz CT molecular complexity index is 2040. The molecule has 7 aromatic rings. The van der Waals surface area contributed by atoms with Gasteiger partial charge in [-0.25, -0.2) is 0 Å². The number of para-hydroxylation sites is 4. The zero-order valence-corrected chi connectivity index (χ0v) is 25.6. The fraction of sp³-hybridized carbons (Fsp3) is 0.0698. The minimum atomic E-state index is -0.167. The molecule has 45 heavy (non-hydrogen) atoms. The van der Waals surface area contributed by atoms with Crippen LogP contribution in [0.15, 0.2) is 170 Å². The maximum Gasteiger partial charge on any atom is 0.0468 e. The molecule has 0 unspecified atom stereocenters. The summed E-state index contributed by atoms with van der Waals surface area (Å²) in [6.45, 7) is 4.76. The van der Waals surface area contributed by atoms with Gasteiger partial charge in [0.1, 0.15) is 0 Å². The van der Waals surface area contributed by atoms with E-state index in [0.717, 1.165) is 28.4 Å². The Balaban J connectivity index is 1.24. The lowest BCUT2D eigenvalue weighted by Gasteiger charge is -2.28. The molecule has 0 bridgehead atoms. The van der Waals surface area contributed by atoms with Crippen LogP contribution in [0.1, 0.15) is 25.0 Å². The normalized spacial score (nSPS) is 12.8. The lowest BCUT2D eigenvalue weighted by Crippen LogP contribution is -2.17. The quantitative estimate of drug-likeness (QED) is 0.194. The van der Waals surface area contributed by atoms with Gasteiger partial charge in [-0.3, -0.25) is 0 Å². The van der Waals surface area contributed by atoms with Gasteiger partial charge in [-0.05, 0) is 106 Å². The summed E-state index contributed by atoms with van der Waals surface area (Å²) in [5, 5.41) is 2.56. The van der Waals surface area contributed by atoms with Crippen molar-refractivity contribution in [1.82, 2.24) is 0 Å². The molecule has 216 valence electrons. The van der Waals surface area contributed by atoms with Gasteiger partial charge in [-0.1, -0.05) is 111 Å². The maximum absolute atomic E-state index is 2.40. The van der Waals surface area contributed by atoms with Crippen LogP contribution in [0.4, 0.5) is 34.1 Å². The largest absolute Gasteiger partial charge is 0.310 e. The zero-order chi connectivity index (χ0) is 30.4. The Hall–Kier alpha value is -5.60. The van der Waals surface area contributed by atoms with Crippen molar-refractivity contribution in [2.75, 3.05) is 9.80 Å². The molecule has 1 aliphatic carbocycles. The van der Waals surface area contributed by atoms with E-state index < -0.39 is 0 Å². The van der Waals surface area contributed by atoms with Crippen molar-refractivity contribution in [3.8, 4) is 11.1 Å². The predicted octanol–water partition coefficient (Wildman–Crippen LogP) is 12.1. The van der Waals surface area contributed by atoms with Gasteiger partial charge in [0.05, 0.1) is 0 Å². The van der Waals surface area contributed by atoms with Crippen molar-refractivity contribution in [3.63, 3.8) is 0 Å². The molecule has 0 saturated heterocycles. The van der Waals surface area contributed by atoms with Crippen LogP contribution in [0.2, 0.25) is 0 Å². The Labute approximate surface area is 265 Å². The average Bonchev–Trinajstić information content (AvgIpc) is 3.33. The van der Waals surface area contributed by atoms with E-state index in [1.807, 2.05) is 0 Å². The van der Waals surface area contributed by atoms with E-state index >= 15 is 0 Å². The number of anilines is 6. The van der Waals surface area contributed by atoms with Crippen LogP contribution in [0.3, 0.4) is 0 Å². The molecule has 0 N–H and O–H groups in total. The Morgan fingerprint density at radius 1 is 0.378 bits per heavy atom. The molecule has 0 aliphatic heterocycles. The average molecular weight is 579 g/mol. The van der Waals surface area contributed by atoms with Crippen molar-refractivity contribution >= 4 is 44.9 Å². The summed E-state index contributed by atoms with van der Waals surface area (Å²) in [6.07, 6.45) is 0. The highest BCUT2D eigenvalue weighted by atomic mass is 15.1. The van der Waals surface area contributed by atoms with E-state index in [0.29, 0.717) is 0 Å². The standard InChI is InChI=1S/C43H34N2/c1-43(2)41-30-37(45(34-19-11-5-12-20-34)35-21-13-6-14-22-35)25-28-39(41)40-26-23-31-29-36(24-27-38(31)42(40)43)44(32-15-7-3-8-16-32)33-17-9-4-10-18-33/h3-30H,1-2H3. The minimum absolute atomic E-state index is 0.167. The van der Waals surface area contributed by atoms with Gasteiger partial charge in [0.2, 0.25) is 0 Å². The summed E-state index contributed by atoms with van der Waals surface area (Å²) >= 11 is 0. The third kappa shape index (κ3) is 4.58. The summed E-state index contributed by atoms with van der Waals surface area (Å²) in [7, 11) is 0. The smallest absolute Gasteiger partial charge is 0.0468 e. The van der Waals surface area contributed by atoms with Gasteiger partial charge >= 0.3 is 0 Å². The molecule has 0 heterocycles. The lowest BCUT2D eigenvalue weighted by atomic mass is 9.80. The molecule has 0 radical (unpaired) electrons. The van der Waals surface area contributed by atoms with Crippen LogP contribution in [-0.4, -0.2) is 0 Å². The topological polar surface area (TPSA) is 6.48 Å². The number of benzene rings is 7. The summed E-state index contributed by atoms with van der Waals surface area (Å²) in [4.78, 5) is 4.69. The molecule has 7 aromatic carbocycles. The van der Waals surface area contributed by atoms with Crippen LogP contribution in [0.5, 0.6) is 0 Å². The second-order valence-corrected chi connectivity index (χ2v) is 12.3. The Morgan fingerprint density at radius 3 is 1.29 bits per heavy atom. The van der Waals surface area contributed by atoms with Gasteiger partial charge in [-0.15, -0.1) is 0 Å². The first-order chi connectivity index (χ1) is 22.1. The first kappa shape index (κ1) is 27.0. The van der Waals surface area contributed by atoms with Crippen molar-refractivity contribution in [1.29, 1.82) is 0 Å². The van der Waals surface area contributed by atoms with E-state index in [9.17, 15) is 0 Å². The SMILES string of the molecule is CC1(C)c2cc(N(c3ccccc3)c3ccccc3)ccc2-c2ccc3cc(N(c4ccccc4)c4ccccc4)ccc3c21. The fourth-order valence-electron chi connectivity index (χ4n) is 7.11. The minimum Gasteiger partial charge on any atom is -0.310 e. The lowest BCUT2D eigenvalue weighted by molar-refractivity contribution is 0.666. The van der Waals surface area contributed by atoms with Gasteiger partial charge < -0.3 is 9.80 Å². The molecule has 0 amide bonds. The Kier molecular flexibility index (Phi) is 6.50. The number of fused-ring (bicyclic) bond motifs is 5. The first-order valence-electron chi connectivity index (χ1n) is 15.6. The third-order valence-corrected chi connectivity index (χ3v) is 9.17. The van der Waals surface area contributed by atoms with E-state index in [1.54, 1.807) is 0 Å². The second kappa shape index (κ2) is 10.8. The number of rotatable bonds is 6. The summed E-state index contributed by atoms with van der Waals surface area (Å²) in [5.74, 6) is 0. The number of nitrogens with zero attached hydrogens (tertiary/aromatic N) is 2. The molecule has 0 spiro atoms. The molecule has 0 atom stereocenters. The van der Waals surface area contributed by atoms with Crippen LogP contribution >= 0.6 is 0 Å². The van der Waals surface area contributed by atoms with Crippen molar-refractivity contribution in [2.45, 2.75) is 19.3 Å². The highest BCUT2D eigenvalue weighted by Gasteiger charge is 2.37. The second-order valence-electron chi connectivity index (χ2n) is 12.3. The van der Waals surface area contributed by atoms with Gasteiger partial charge in [-0.2, -0.15) is 0 Å². The van der Waals surface area contributed by atoms with E-state index in [-0.39, 0.29) is 5.41 Å².